The van der Waals surface area contributed by atoms with Crippen LogP contribution in [0.25, 0.3) is 11.0 Å². The third kappa shape index (κ3) is 1.35. The number of nitrogens with zero attached hydrogens (tertiary/aromatic N) is 3. The van der Waals surface area contributed by atoms with Crippen LogP contribution in [0, 0.1) is 0 Å². The topological polar surface area (TPSA) is 57.0 Å². The molecule has 0 aliphatic rings. The van der Waals surface area contributed by atoms with Gasteiger partial charge in [0, 0.05) is 0 Å². The number of fused-ring (bicyclic) bond motifs is 1. The van der Waals surface area contributed by atoms with Crippen molar-refractivity contribution in [1.29, 1.82) is 0 Å². The molecule has 2 aromatic rings. The molecule has 66 valence electrons. The van der Waals surface area contributed by atoms with Crippen LogP contribution >= 0.6 is 0 Å². The van der Waals surface area contributed by atoms with Crippen LogP contribution in [0.2, 0.25) is 0 Å². The lowest BCUT2D eigenvalue weighted by Gasteiger charge is -1.97. The summed E-state index contributed by atoms with van der Waals surface area (Å²) in [6, 6.07) is 7.47. The highest BCUT2D eigenvalue weighted by atomic mass is 16.5. The molecule has 0 aliphatic heterocycles. The molecule has 5 heteroatoms. The summed E-state index contributed by atoms with van der Waals surface area (Å²) in [5, 5.41) is 7.70. The van der Waals surface area contributed by atoms with Gasteiger partial charge >= 0.3 is 0 Å². The molecule has 1 heterocycles. The van der Waals surface area contributed by atoms with E-state index in [0.717, 1.165) is 11.0 Å². The highest BCUT2D eigenvalue weighted by Crippen LogP contribution is 2.08. The van der Waals surface area contributed by atoms with Crippen molar-refractivity contribution < 1.29 is 9.53 Å². The second kappa shape index (κ2) is 3.22. The molecule has 2 rings (SSSR count). The number of carbonyl (C=O) groups excluding carboxylic acids is 1. The zero-order valence-corrected chi connectivity index (χ0v) is 6.75. The molecule has 0 saturated heterocycles. The molecule has 0 N–H and O–H groups in total. The first kappa shape index (κ1) is 7.72. The molecule has 1 aromatic heterocycles. The largest absolute Gasteiger partial charge is 0.444 e. The normalized spacial score (nSPS) is 10.2. The van der Waals surface area contributed by atoms with Gasteiger partial charge in [0.1, 0.15) is 5.52 Å². The fraction of sp³-hybridized carbons (Fsp3) is 0.125. The summed E-state index contributed by atoms with van der Waals surface area (Å²) >= 11 is 0. The number of hydrogen-bond donors (Lipinski definition) is 0. The van der Waals surface area contributed by atoms with Crippen molar-refractivity contribution in [1.82, 2.24) is 15.0 Å². The Hall–Kier alpha value is -1.91. The molecular weight excluding hydrogens is 170 g/mol. The summed E-state index contributed by atoms with van der Waals surface area (Å²) in [6.07, 6.45) is 0. The molecule has 0 unspecified atom stereocenters. The van der Waals surface area contributed by atoms with Crippen LogP contribution in [0.5, 0.6) is 0 Å². The Labute approximate surface area is 73.9 Å². The Kier molecular flexibility index (Phi) is 1.91. The van der Waals surface area contributed by atoms with Gasteiger partial charge in [0.05, 0.1) is 5.52 Å². The van der Waals surface area contributed by atoms with Crippen LogP contribution < -0.4 is 0 Å². The van der Waals surface area contributed by atoms with Crippen molar-refractivity contribution in [3.63, 3.8) is 0 Å². The van der Waals surface area contributed by atoms with E-state index < -0.39 is 0 Å². The van der Waals surface area contributed by atoms with Crippen molar-refractivity contribution in [2.24, 2.45) is 0 Å². The molecule has 0 bridgehead atoms. The van der Waals surface area contributed by atoms with Crippen molar-refractivity contribution in [3.8, 4) is 0 Å². The van der Waals surface area contributed by atoms with E-state index in [1.807, 2.05) is 24.3 Å². The van der Waals surface area contributed by atoms with Crippen LogP contribution in [-0.4, -0.2) is 21.5 Å². The first-order valence-corrected chi connectivity index (χ1v) is 3.75. The maximum Gasteiger partial charge on any atom is 0.294 e. The van der Waals surface area contributed by atoms with Crippen molar-refractivity contribution in [2.45, 2.75) is 6.73 Å². The second-order valence-corrected chi connectivity index (χ2v) is 2.47. The molecule has 0 radical (unpaired) electrons. The minimum Gasteiger partial charge on any atom is -0.444 e. The van der Waals surface area contributed by atoms with E-state index in [2.05, 4.69) is 15.0 Å². The molecule has 0 aliphatic carbocycles. The van der Waals surface area contributed by atoms with Gasteiger partial charge in [-0.3, -0.25) is 4.79 Å². The van der Waals surface area contributed by atoms with Crippen molar-refractivity contribution in [2.75, 3.05) is 0 Å². The predicted octanol–water partition coefficient (Wildman–Crippen LogP) is 0.562. The summed E-state index contributed by atoms with van der Waals surface area (Å²) < 4.78 is 6.08. The van der Waals surface area contributed by atoms with Crippen molar-refractivity contribution >= 4 is 17.5 Å². The molecule has 0 fully saturated rings. The number of rotatable bonds is 3. The van der Waals surface area contributed by atoms with Crippen LogP contribution in [0.1, 0.15) is 0 Å². The van der Waals surface area contributed by atoms with Gasteiger partial charge in [0.2, 0.25) is 0 Å². The summed E-state index contributed by atoms with van der Waals surface area (Å²) in [5.41, 5.74) is 1.64. The quantitative estimate of drug-likeness (QED) is 0.643. The van der Waals surface area contributed by atoms with Crippen LogP contribution in [0.15, 0.2) is 24.3 Å². The molecule has 1 aromatic carbocycles. The molecular formula is C8H7N3O2. The predicted molar refractivity (Wildman–Crippen MR) is 44.7 cm³/mol. The highest BCUT2D eigenvalue weighted by molar-refractivity contribution is 5.73. The first-order chi connectivity index (χ1) is 6.42. The van der Waals surface area contributed by atoms with E-state index >= 15 is 0 Å². The van der Waals surface area contributed by atoms with Gasteiger partial charge < -0.3 is 4.74 Å². The van der Waals surface area contributed by atoms with E-state index in [-0.39, 0.29) is 6.73 Å². The minimum atomic E-state index is 0.101. The van der Waals surface area contributed by atoms with E-state index in [9.17, 15) is 4.79 Å². The lowest BCUT2D eigenvalue weighted by molar-refractivity contribution is -0.132. The molecule has 0 amide bonds. The third-order valence-electron chi connectivity index (χ3n) is 1.69. The highest BCUT2D eigenvalue weighted by Gasteiger charge is 2.01. The van der Waals surface area contributed by atoms with Crippen LogP contribution in [0.4, 0.5) is 0 Å². The zero-order chi connectivity index (χ0) is 9.10. The van der Waals surface area contributed by atoms with Crippen LogP contribution in [0.3, 0.4) is 0 Å². The number of aromatic nitrogens is 3. The smallest absolute Gasteiger partial charge is 0.294 e. The number of benzene rings is 1. The summed E-state index contributed by atoms with van der Waals surface area (Å²) in [5.74, 6) is 0. The van der Waals surface area contributed by atoms with E-state index in [1.54, 1.807) is 0 Å². The van der Waals surface area contributed by atoms with Gasteiger partial charge in [-0.05, 0) is 12.1 Å². The number of para-hydroxylation sites is 1. The Balaban J connectivity index is 2.40. The Morgan fingerprint density at radius 1 is 1.46 bits per heavy atom. The Morgan fingerprint density at radius 2 is 2.31 bits per heavy atom. The second-order valence-electron chi connectivity index (χ2n) is 2.47. The number of carbonyl (C=O) groups is 1. The summed E-state index contributed by atoms with van der Waals surface area (Å²) in [4.78, 5) is 9.95. The SMILES string of the molecule is O=COCn1nnc2ccccc21. The third-order valence-corrected chi connectivity index (χ3v) is 1.69. The minimum absolute atomic E-state index is 0.101. The van der Waals surface area contributed by atoms with Gasteiger partial charge in [-0.2, -0.15) is 0 Å². The van der Waals surface area contributed by atoms with Gasteiger partial charge in [-0.15, -0.1) is 5.10 Å². The van der Waals surface area contributed by atoms with E-state index in [4.69, 9.17) is 0 Å². The molecule has 0 spiro atoms. The lowest BCUT2D eigenvalue weighted by Crippen LogP contribution is -2.02. The van der Waals surface area contributed by atoms with E-state index in [0.29, 0.717) is 6.47 Å². The Morgan fingerprint density at radius 3 is 3.15 bits per heavy atom. The maximum atomic E-state index is 9.95. The summed E-state index contributed by atoms with van der Waals surface area (Å²) in [6.45, 7) is 0.487. The first-order valence-electron chi connectivity index (χ1n) is 3.75. The van der Waals surface area contributed by atoms with Gasteiger partial charge in [0.15, 0.2) is 6.73 Å². The molecule has 5 nitrogen and oxygen atoms in total. The average Bonchev–Trinajstić information content (AvgIpc) is 2.58. The van der Waals surface area contributed by atoms with Crippen molar-refractivity contribution in [3.05, 3.63) is 24.3 Å². The molecule has 0 saturated carbocycles. The summed E-state index contributed by atoms with van der Waals surface area (Å²) in [7, 11) is 0. The Bertz CT molecular complexity index is 424. The standard InChI is InChI=1S/C8H7N3O2/c12-6-13-5-11-8-4-2-1-3-7(8)9-10-11/h1-4,6H,5H2. The number of hydrogen-bond acceptors (Lipinski definition) is 4. The van der Waals surface area contributed by atoms with E-state index in [1.165, 1.54) is 4.68 Å². The fourth-order valence-electron chi connectivity index (χ4n) is 1.11. The fourth-order valence-corrected chi connectivity index (χ4v) is 1.11. The van der Waals surface area contributed by atoms with Crippen LogP contribution in [-0.2, 0) is 16.3 Å². The molecule has 13 heavy (non-hydrogen) atoms. The average molecular weight is 177 g/mol. The number of ether oxygens (including phenoxy) is 1. The van der Waals surface area contributed by atoms with Gasteiger partial charge in [0.25, 0.3) is 6.47 Å². The van der Waals surface area contributed by atoms with Gasteiger partial charge in [-0.25, -0.2) is 4.68 Å². The maximum absolute atomic E-state index is 9.95. The molecule has 0 atom stereocenters. The zero-order valence-electron chi connectivity index (χ0n) is 6.75. The van der Waals surface area contributed by atoms with Gasteiger partial charge in [-0.1, -0.05) is 17.3 Å². The monoisotopic (exact) mass is 177 g/mol. The lowest BCUT2D eigenvalue weighted by atomic mass is 10.3.